The van der Waals surface area contributed by atoms with Gasteiger partial charge in [0.05, 0.1) is 6.04 Å². The second-order valence-corrected chi connectivity index (χ2v) is 4.26. The van der Waals surface area contributed by atoms with Crippen LogP contribution >= 0.6 is 0 Å². The fourth-order valence-electron chi connectivity index (χ4n) is 2.06. The fourth-order valence-corrected chi connectivity index (χ4v) is 2.06. The molecule has 2 unspecified atom stereocenters. The summed E-state index contributed by atoms with van der Waals surface area (Å²) >= 11 is 0. The number of hydrogen-bond acceptors (Lipinski definition) is 3. The summed E-state index contributed by atoms with van der Waals surface area (Å²) in [5.41, 5.74) is 0. The first kappa shape index (κ1) is 11.1. The Morgan fingerprint density at radius 1 is 1.62 bits per heavy atom. The van der Waals surface area contributed by atoms with Crippen LogP contribution in [-0.2, 0) is 4.79 Å². The van der Waals surface area contributed by atoms with E-state index in [0.717, 1.165) is 25.2 Å². The molecule has 2 atom stereocenters. The van der Waals surface area contributed by atoms with Gasteiger partial charge >= 0.3 is 0 Å². The number of aromatic nitrogens is 2. The van der Waals surface area contributed by atoms with E-state index in [1.807, 2.05) is 6.20 Å². The van der Waals surface area contributed by atoms with Gasteiger partial charge in [0, 0.05) is 31.4 Å². The van der Waals surface area contributed by atoms with Gasteiger partial charge in [-0.15, -0.1) is 0 Å². The van der Waals surface area contributed by atoms with Crippen molar-refractivity contribution in [3.05, 3.63) is 18.2 Å². The molecule has 0 spiro atoms. The van der Waals surface area contributed by atoms with E-state index >= 15 is 0 Å². The number of rotatable bonds is 3. The first-order chi connectivity index (χ1) is 7.75. The van der Waals surface area contributed by atoms with Gasteiger partial charge in [-0.1, -0.05) is 0 Å². The molecule has 5 heteroatoms. The molecule has 0 bridgehead atoms. The minimum absolute atomic E-state index is 0.140. The zero-order chi connectivity index (χ0) is 11.4. The van der Waals surface area contributed by atoms with E-state index in [-0.39, 0.29) is 18.0 Å². The lowest BCUT2D eigenvalue weighted by molar-refractivity contribution is -0.121. The van der Waals surface area contributed by atoms with E-state index in [1.54, 1.807) is 6.20 Å². The molecule has 2 heterocycles. The number of hydrogen-bond donors (Lipinski definition) is 3. The summed E-state index contributed by atoms with van der Waals surface area (Å²) < 4.78 is 0. The molecule has 0 aromatic carbocycles. The summed E-state index contributed by atoms with van der Waals surface area (Å²) in [6.45, 7) is 2.85. The number of aromatic amines is 1. The Bertz CT molecular complexity index is 336. The predicted molar refractivity (Wildman–Crippen MR) is 60.8 cm³/mol. The van der Waals surface area contributed by atoms with Gasteiger partial charge in [-0.3, -0.25) is 4.79 Å². The van der Waals surface area contributed by atoms with Crippen LogP contribution in [0, 0.1) is 0 Å². The Morgan fingerprint density at radius 3 is 3.25 bits per heavy atom. The van der Waals surface area contributed by atoms with Crippen molar-refractivity contribution < 1.29 is 4.79 Å². The molecule has 16 heavy (non-hydrogen) atoms. The lowest BCUT2D eigenvalue weighted by Crippen LogP contribution is -2.34. The third kappa shape index (κ3) is 2.82. The maximum Gasteiger partial charge on any atom is 0.221 e. The quantitative estimate of drug-likeness (QED) is 0.706. The summed E-state index contributed by atoms with van der Waals surface area (Å²) in [5.74, 6) is 1.06. The van der Waals surface area contributed by atoms with Crippen LogP contribution in [0.5, 0.6) is 0 Å². The van der Waals surface area contributed by atoms with E-state index in [2.05, 4.69) is 27.5 Å². The SMILES string of the molecule is CC(NC1CCCNC(=O)C1)c1ncc[nH]1. The summed E-state index contributed by atoms with van der Waals surface area (Å²) in [7, 11) is 0. The molecule has 1 fully saturated rings. The van der Waals surface area contributed by atoms with Gasteiger partial charge in [-0.2, -0.15) is 0 Å². The highest BCUT2D eigenvalue weighted by Gasteiger charge is 2.19. The van der Waals surface area contributed by atoms with Gasteiger partial charge in [0.1, 0.15) is 5.82 Å². The van der Waals surface area contributed by atoms with E-state index in [1.165, 1.54) is 0 Å². The third-order valence-corrected chi connectivity index (χ3v) is 2.90. The van der Waals surface area contributed by atoms with Gasteiger partial charge < -0.3 is 15.6 Å². The van der Waals surface area contributed by atoms with Gasteiger partial charge in [0.2, 0.25) is 5.91 Å². The highest BCUT2D eigenvalue weighted by Crippen LogP contribution is 2.12. The number of carbonyl (C=O) groups is 1. The number of nitrogens with one attached hydrogen (secondary N) is 3. The zero-order valence-electron chi connectivity index (χ0n) is 9.49. The molecule has 88 valence electrons. The smallest absolute Gasteiger partial charge is 0.221 e. The molecule has 1 aromatic heterocycles. The summed E-state index contributed by atoms with van der Waals surface area (Å²) in [5, 5.41) is 6.32. The Kier molecular flexibility index (Phi) is 3.56. The van der Waals surface area contributed by atoms with E-state index in [9.17, 15) is 4.79 Å². The molecule has 0 aliphatic carbocycles. The number of amides is 1. The van der Waals surface area contributed by atoms with Crippen molar-refractivity contribution in [3.8, 4) is 0 Å². The van der Waals surface area contributed by atoms with E-state index in [4.69, 9.17) is 0 Å². The molecule has 1 aliphatic rings. The second kappa shape index (κ2) is 5.12. The topological polar surface area (TPSA) is 69.8 Å². The Hall–Kier alpha value is -1.36. The van der Waals surface area contributed by atoms with E-state index in [0.29, 0.717) is 6.42 Å². The lowest BCUT2D eigenvalue weighted by atomic mass is 10.1. The zero-order valence-corrected chi connectivity index (χ0v) is 9.49. The van der Waals surface area contributed by atoms with Crippen LogP contribution in [0.3, 0.4) is 0 Å². The van der Waals surface area contributed by atoms with Crippen molar-refractivity contribution in [2.24, 2.45) is 0 Å². The van der Waals surface area contributed by atoms with Crippen LogP contribution in [0.25, 0.3) is 0 Å². The first-order valence-corrected chi connectivity index (χ1v) is 5.77. The van der Waals surface area contributed by atoms with E-state index < -0.39 is 0 Å². The summed E-state index contributed by atoms with van der Waals surface area (Å²) in [6.07, 6.45) is 6.18. The molecule has 1 aliphatic heterocycles. The molecule has 1 aromatic rings. The van der Waals surface area contributed by atoms with Crippen molar-refractivity contribution >= 4 is 5.91 Å². The van der Waals surface area contributed by atoms with Gasteiger partial charge in [0.15, 0.2) is 0 Å². The Morgan fingerprint density at radius 2 is 2.50 bits per heavy atom. The van der Waals surface area contributed by atoms with Gasteiger partial charge in [-0.05, 0) is 19.8 Å². The average molecular weight is 222 g/mol. The van der Waals surface area contributed by atoms with Crippen LogP contribution in [0.4, 0.5) is 0 Å². The maximum atomic E-state index is 11.4. The van der Waals surface area contributed by atoms with Crippen LogP contribution in [0.1, 0.15) is 38.1 Å². The molecular formula is C11H18N4O. The Labute approximate surface area is 95.0 Å². The van der Waals surface area contributed by atoms with Crippen LogP contribution < -0.4 is 10.6 Å². The average Bonchev–Trinajstić information content (AvgIpc) is 2.70. The highest BCUT2D eigenvalue weighted by atomic mass is 16.1. The van der Waals surface area contributed by atoms with Crippen molar-refractivity contribution in [2.45, 2.75) is 38.3 Å². The fraction of sp³-hybridized carbons (Fsp3) is 0.636. The molecular weight excluding hydrogens is 204 g/mol. The molecule has 5 nitrogen and oxygen atoms in total. The summed E-state index contributed by atoms with van der Waals surface area (Å²) in [6, 6.07) is 0.411. The number of carbonyl (C=O) groups excluding carboxylic acids is 1. The van der Waals surface area contributed by atoms with Crippen molar-refractivity contribution in [3.63, 3.8) is 0 Å². The van der Waals surface area contributed by atoms with Crippen LogP contribution in [0.2, 0.25) is 0 Å². The third-order valence-electron chi connectivity index (χ3n) is 2.90. The van der Waals surface area contributed by atoms with Gasteiger partial charge in [-0.25, -0.2) is 4.98 Å². The first-order valence-electron chi connectivity index (χ1n) is 5.77. The highest BCUT2D eigenvalue weighted by molar-refractivity contribution is 5.76. The Balaban J connectivity index is 1.90. The second-order valence-electron chi connectivity index (χ2n) is 4.26. The number of nitrogens with zero attached hydrogens (tertiary/aromatic N) is 1. The van der Waals surface area contributed by atoms with Crippen LogP contribution in [0.15, 0.2) is 12.4 Å². The molecule has 1 saturated heterocycles. The monoisotopic (exact) mass is 222 g/mol. The van der Waals surface area contributed by atoms with Crippen LogP contribution in [-0.4, -0.2) is 28.5 Å². The lowest BCUT2D eigenvalue weighted by Gasteiger charge is -2.19. The molecule has 0 saturated carbocycles. The molecule has 1 amide bonds. The molecule has 3 N–H and O–H groups in total. The number of imidazole rings is 1. The van der Waals surface area contributed by atoms with Crippen molar-refractivity contribution in [1.82, 2.24) is 20.6 Å². The predicted octanol–water partition coefficient (Wildman–Crippen LogP) is 0.729. The number of H-pyrrole nitrogens is 1. The molecule has 0 radical (unpaired) electrons. The summed E-state index contributed by atoms with van der Waals surface area (Å²) in [4.78, 5) is 18.7. The minimum Gasteiger partial charge on any atom is -0.356 e. The largest absolute Gasteiger partial charge is 0.356 e. The minimum atomic E-state index is 0.140. The van der Waals surface area contributed by atoms with Gasteiger partial charge in [0.25, 0.3) is 0 Å². The van der Waals surface area contributed by atoms with Crippen molar-refractivity contribution in [2.75, 3.05) is 6.54 Å². The van der Waals surface area contributed by atoms with Crippen molar-refractivity contribution in [1.29, 1.82) is 0 Å². The normalized spacial score (nSPS) is 23.6. The standard InChI is InChI=1S/C11H18N4O/c1-8(11-13-5-6-14-11)15-9-3-2-4-12-10(16)7-9/h5-6,8-9,15H,2-4,7H2,1H3,(H,12,16)(H,13,14). The maximum absolute atomic E-state index is 11.4. The molecule has 2 rings (SSSR count).